The van der Waals surface area contributed by atoms with Crippen molar-refractivity contribution in [3.05, 3.63) is 29.8 Å². The number of anilines is 1. The van der Waals surface area contributed by atoms with Crippen molar-refractivity contribution < 1.29 is 22.8 Å². The number of unbranched alkanes of at least 4 members (excludes halogenated alkanes) is 1. The Morgan fingerprint density at radius 3 is 2.54 bits per heavy atom. The van der Waals surface area contributed by atoms with Crippen LogP contribution >= 0.6 is 0 Å². The van der Waals surface area contributed by atoms with Gasteiger partial charge >= 0.3 is 6.18 Å². The predicted molar refractivity (Wildman–Crippen MR) is 85.4 cm³/mol. The Bertz CT molecular complexity index is 613. The molecule has 1 fully saturated rings. The number of hydrogen-bond acceptors (Lipinski definition) is 2. The van der Waals surface area contributed by atoms with Crippen LogP contribution in [0.25, 0.3) is 0 Å². The Balaban J connectivity index is 2.26. The normalized spacial score (nSPS) is 19.9. The molecule has 0 N–H and O–H groups in total. The lowest BCUT2D eigenvalue weighted by Gasteiger charge is -2.21. The monoisotopic (exact) mass is 341 g/mol. The number of alkyl halides is 3. The zero-order chi connectivity index (χ0) is 17.9. The third-order valence-electron chi connectivity index (χ3n) is 4.64. The van der Waals surface area contributed by atoms with Crippen molar-refractivity contribution in [2.24, 2.45) is 11.8 Å². The molecule has 3 nitrogen and oxygen atoms in total. The van der Waals surface area contributed by atoms with E-state index in [1.54, 1.807) is 0 Å². The van der Waals surface area contributed by atoms with E-state index < -0.39 is 23.6 Å². The van der Waals surface area contributed by atoms with Gasteiger partial charge in [-0.2, -0.15) is 13.2 Å². The second-order valence-corrected chi connectivity index (χ2v) is 6.24. The fraction of sp³-hybridized carbons (Fsp3) is 0.556. The van der Waals surface area contributed by atoms with Crippen LogP contribution in [0.1, 0.15) is 51.5 Å². The molecule has 1 heterocycles. The van der Waals surface area contributed by atoms with Crippen LogP contribution in [-0.4, -0.2) is 11.8 Å². The highest BCUT2D eigenvalue weighted by Gasteiger charge is 2.43. The smallest absolute Gasteiger partial charge is 0.274 e. The highest BCUT2D eigenvalue weighted by molar-refractivity contribution is 6.21. The molecule has 132 valence electrons. The van der Waals surface area contributed by atoms with Gasteiger partial charge in [-0.15, -0.1) is 0 Å². The van der Waals surface area contributed by atoms with E-state index in [0.29, 0.717) is 0 Å². The summed E-state index contributed by atoms with van der Waals surface area (Å²) in [6.45, 7) is 4.04. The van der Waals surface area contributed by atoms with Crippen molar-refractivity contribution in [1.82, 2.24) is 0 Å². The summed E-state index contributed by atoms with van der Waals surface area (Å²) in [6, 6.07) is 4.40. The maximum absolute atomic E-state index is 12.9. The number of imide groups is 1. The van der Waals surface area contributed by atoms with Gasteiger partial charge in [-0.3, -0.25) is 14.5 Å². The number of carbonyl (C=O) groups excluding carboxylic acids is 2. The molecule has 2 rings (SSSR count). The number of benzene rings is 1. The standard InChI is InChI=1S/C18H22F3NO2/c1-3-5-7-12(4-2)15-11-16(23)22(17(15)24)14-9-6-8-13(10-14)18(19,20)21/h6,8-10,12,15H,3-5,7,11H2,1-2H3/t12?,15-/m1/s1. The SMILES string of the molecule is CCCCC(CC)[C@H]1CC(=O)N(c2cccc(C(F)(F)F)c2)C1=O. The highest BCUT2D eigenvalue weighted by atomic mass is 19.4. The van der Waals surface area contributed by atoms with Gasteiger partial charge in [0.15, 0.2) is 0 Å². The quantitative estimate of drug-likeness (QED) is 0.697. The minimum absolute atomic E-state index is 0.00710. The van der Waals surface area contributed by atoms with Crippen LogP contribution in [0.2, 0.25) is 0 Å². The fourth-order valence-corrected chi connectivity index (χ4v) is 3.27. The van der Waals surface area contributed by atoms with Gasteiger partial charge in [-0.1, -0.05) is 39.2 Å². The van der Waals surface area contributed by atoms with Crippen molar-refractivity contribution in [1.29, 1.82) is 0 Å². The molecule has 1 aromatic carbocycles. The van der Waals surface area contributed by atoms with Gasteiger partial charge in [0.2, 0.25) is 11.8 Å². The van der Waals surface area contributed by atoms with E-state index >= 15 is 0 Å². The molecular formula is C18H22F3NO2. The first-order valence-corrected chi connectivity index (χ1v) is 8.33. The van der Waals surface area contributed by atoms with E-state index in [0.717, 1.165) is 42.7 Å². The third-order valence-corrected chi connectivity index (χ3v) is 4.64. The van der Waals surface area contributed by atoms with Crippen LogP contribution in [0.15, 0.2) is 24.3 Å². The first-order valence-electron chi connectivity index (χ1n) is 8.33. The average molecular weight is 341 g/mol. The minimum atomic E-state index is -4.51. The fourth-order valence-electron chi connectivity index (χ4n) is 3.27. The van der Waals surface area contributed by atoms with E-state index in [2.05, 4.69) is 6.92 Å². The number of halogens is 3. The van der Waals surface area contributed by atoms with Crippen LogP contribution in [0.3, 0.4) is 0 Å². The minimum Gasteiger partial charge on any atom is -0.274 e. The van der Waals surface area contributed by atoms with Crippen molar-refractivity contribution in [3.8, 4) is 0 Å². The lowest BCUT2D eigenvalue weighted by molar-refractivity contribution is -0.137. The molecule has 0 bridgehead atoms. The molecule has 0 spiro atoms. The van der Waals surface area contributed by atoms with Crippen molar-refractivity contribution >= 4 is 17.5 Å². The Labute approximate surface area is 139 Å². The molecule has 1 aliphatic rings. The van der Waals surface area contributed by atoms with E-state index in [1.807, 2.05) is 6.92 Å². The number of carbonyl (C=O) groups is 2. The van der Waals surface area contributed by atoms with E-state index in [1.165, 1.54) is 12.1 Å². The second kappa shape index (κ2) is 7.36. The zero-order valence-corrected chi connectivity index (χ0v) is 13.9. The van der Waals surface area contributed by atoms with Crippen LogP contribution in [-0.2, 0) is 15.8 Å². The summed E-state index contributed by atoms with van der Waals surface area (Å²) in [4.78, 5) is 25.9. The van der Waals surface area contributed by atoms with Gasteiger partial charge in [0.25, 0.3) is 0 Å². The van der Waals surface area contributed by atoms with Crippen LogP contribution in [0, 0.1) is 11.8 Å². The molecule has 1 unspecified atom stereocenters. The lowest BCUT2D eigenvalue weighted by Crippen LogP contribution is -2.32. The topological polar surface area (TPSA) is 37.4 Å². The summed E-state index contributed by atoms with van der Waals surface area (Å²) in [6.07, 6.45) is -0.818. The van der Waals surface area contributed by atoms with Crippen LogP contribution in [0.5, 0.6) is 0 Å². The van der Waals surface area contributed by atoms with Crippen molar-refractivity contribution in [2.75, 3.05) is 4.90 Å². The number of nitrogens with zero attached hydrogens (tertiary/aromatic N) is 1. The summed E-state index contributed by atoms with van der Waals surface area (Å²) in [5, 5.41) is 0. The zero-order valence-electron chi connectivity index (χ0n) is 13.9. The lowest BCUT2D eigenvalue weighted by atomic mass is 9.85. The van der Waals surface area contributed by atoms with Crippen molar-refractivity contribution in [2.45, 2.75) is 52.1 Å². The summed E-state index contributed by atoms with van der Waals surface area (Å²) < 4.78 is 38.6. The summed E-state index contributed by atoms with van der Waals surface area (Å²) in [5.41, 5.74) is -0.852. The molecule has 0 aromatic heterocycles. The van der Waals surface area contributed by atoms with E-state index in [-0.39, 0.29) is 23.9 Å². The maximum atomic E-state index is 12.9. The summed E-state index contributed by atoms with van der Waals surface area (Å²) >= 11 is 0. The third kappa shape index (κ3) is 3.79. The van der Waals surface area contributed by atoms with E-state index in [4.69, 9.17) is 0 Å². The van der Waals surface area contributed by atoms with Gasteiger partial charge in [-0.05, 0) is 30.5 Å². The summed E-state index contributed by atoms with van der Waals surface area (Å²) in [5.74, 6) is -1.12. The molecule has 2 amide bonds. The van der Waals surface area contributed by atoms with Crippen molar-refractivity contribution in [3.63, 3.8) is 0 Å². The summed E-state index contributed by atoms with van der Waals surface area (Å²) in [7, 11) is 0. The first-order chi connectivity index (χ1) is 11.3. The number of hydrogen-bond donors (Lipinski definition) is 0. The Kier molecular flexibility index (Phi) is 5.67. The Morgan fingerprint density at radius 2 is 1.96 bits per heavy atom. The largest absolute Gasteiger partial charge is 0.416 e. The predicted octanol–water partition coefficient (Wildman–Crippen LogP) is 4.80. The van der Waals surface area contributed by atoms with Gasteiger partial charge in [0.1, 0.15) is 0 Å². The van der Waals surface area contributed by atoms with Gasteiger partial charge in [0.05, 0.1) is 17.2 Å². The first kappa shape index (κ1) is 18.5. The molecule has 0 saturated carbocycles. The molecule has 0 radical (unpaired) electrons. The molecular weight excluding hydrogens is 319 g/mol. The van der Waals surface area contributed by atoms with E-state index in [9.17, 15) is 22.8 Å². The maximum Gasteiger partial charge on any atom is 0.416 e. The van der Waals surface area contributed by atoms with Gasteiger partial charge < -0.3 is 0 Å². The Morgan fingerprint density at radius 1 is 1.25 bits per heavy atom. The molecule has 0 aliphatic carbocycles. The molecule has 6 heteroatoms. The molecule has 1 aromatic rings. The average Bonchev–Trinajstić information content (AvgIpc) is 2.82. The number of rotatable bonds is 6. The van der Waals surface area contributed by atoms with Gasteiger partial charge in [0, 0.05) is 6.42 Å². The number of amides is 2. The molecule has 1 aliphatic heterocycles. The van der Waals surface area contributed by atoms with Gasteiger partial charge in [-0.25, -0.2) is 0 Å². The second-order valence-electron chi connectivity index (χ2n) is 6.24. The van der Waals surface area contributed by atoms with Crippen LogP contribution in [0.4, 0.5) is 18.9 Å². The molecule has 1 saturated heterocycles. The highest BCUT2D eigenvalue weighted by Crippen LogP contribution is 2.37. The Hall–Kier alpha value is -1.85. The molecule has 2 atom stereocenters. The molecule has 24 heavy (non-hydrogen) atoms. The van der Waals surface area contributed by atoms with Crippen LogP contribution < -0.4 is 4.90 Å².